The number of rotatable bonds is 2. The van der Waals surface area contributed by atoms with Crippen molar-refractivity contribution in [1.29, 1.82) is 0 Å². The molecule has 2 saturated heterocycles. The molecule has 2 N–H and O–H groups in total. The maximum atomic E-state index is 10.3. The van der Waals surface area contributed by atoms with Gasteiger partial charge in [-0.1, -0.05) is 23.5 Å². The summed E-state index contributed by atoms with van der Waals surface area (Å²) < 4.78 is 0. The molecule has 2 amide bonds. The second-order valence-electron chi connectivity index (χ2n) is 3.23. The van der Waals surface area contributed by atoms with Gasteiger partial charge >= 0.3 is 23.1 Å². The van der Waals surface area contributed by atoms with Gasteiger partial charge in [-0.2, -0.15) is 0 Å². The van der Waals surface area contributed by atoms with Gasteiger partial charge in [-0.3, -0.25) is 9.59 Å². The van der Waals surface area contributed by atoms with Gasteiger partial charge in [0.2, 0.25) is 0 Å². The van der Waals surface area contributed by atoms with E-state index in [4.69, 9.17) is 0 Å². The molecule has 0 aromatic carbocycles. The van der Waals surface area contributed by atoms with E-state index in [9.17, 15) is 29.4 Å². The second kappa shape index (κ2) is 8.50. The Bertz CT molecular complexity index is 357. The van der Waals surface area contributed by atoms with E-state index in [1.807, 2.05) is 0 Å². The molecular formula is C8H8MgN2O6S2. The molecule has 11 heteroatoms. The third-order valence-corrected chi connectivity index (χ3v) is 3.68. The quantitative estimate of drug-likeness (QED) is 0.506. The van der Waals surface area contributed by atoms with E-state index in [0.717, 1.165) is 23.5 Å². The summed E-state index contributed by atoms with van der Waals surface area (Å²) in [5.41, 5.74) is 0. The van der Waals surface area contributed by atoms with Gasteiger partial charge in [-0.05, 0) is 0 Å². The first-order chi connectivity index (χ1) is 8.40. The van der Waals surface area contributed by atoms with E-state index in [-0.39, 0.29) is 45.0 Å². The van der Waals surface area contributed by atoms with Gasteiger partial charge in [0.25, 0.3) is 10.5 Å². The van der Waals surface area contributed by atoms with Gasteiger partial charge in [0.05, 0.1) is 24.0 Å². The van der Waals surface area contributed by atoms with E-state index in [1.165, 1.54) is 0 Å². The molecule has 0 radical (unpaired) electrons. The molecule has 2 fully saturated rings. The monoisotopic (exact) mass is 316 g/mol. The average molecular weight is 317 g/mol. The Labute approximate surface area is 132 Å². The minimum Gasteiger partial charge on any atom is -0.548 e. The smallest absolute Gasteiger partial charge is 0.548 e. The van der Waals surface area contributed by atoms with Crippen LogP contribution in [-0.2, 0) is 9.59 Å². The number of aliphatic carboxylic acids is 2. The molecule has 2 rings (SSSR count). The molecule has 2 unspecified atom stereocenters. The number of carboxylic acids is 2. The number of carboxylic acid groups (broad SMARTS) is 2. The van der Waals surface area contributed by atoms with Crippen LogP contribution in [0, 0.1) is 0 Å². The first kappa shape index (κ1) is 18.3. The van der Waals surface area contributed by atoms with Crippen LogP contribution in [0.5, 0.6) is 0 Å². The van der Waals surface area contributed by atoms with Crippen LogP contribution in [0.4, 0.5) is 9.59 Å². The van der Waals surface area contributed by atoms with Crippen LogP contribution in [0.2, 0.25) is 0 Å². The SMILES string of the molecule is O=C1NC(C(=O)[O-])CS1.O=C1NC(C(=O)[O-])CS1.[Mg+2]. The summed E-state index contributed by atoms with van der Waals surface area (Å²) in [4.78, 5) is 40.7. The Morgan fingerprint density at radius 2 is 1.26 bits per heavy atom. The molecule has 2 aliphatic heterocycles. The predicted molar refractivity (Wildman–Crippen MR) is 65.3 cm³/mol. The molecule has 0 saturated carbocycles. The van der Waals surface area contributed by atoms with Crippen molar-refractivity contribution in [1.82, 2.24) is 10.6 Å². The second-order valence-corrected chi connectivity index (χ2v) is 5.21. The number of nitrogens with one attached hydrogen (secondary N) is 2. The number of carbonyl (C=O) groups is 4. The fraction of sp³-hybridized carbons (Fsp3) is 0.500. The molecule has 100 valence electrons. The maximum absolute atomic E-state index is 10.3. The Balaban J connectivity index is 0.000000324. The van der Waals surface area contributed by atoms with Crippen molar-refractivity contribution in [2.75, 3.05) is 11.5 Å². The van der Waals surface area contributed by atoms with E-state index in [1.54, 1.807) is 0 Å². The zero-order valence-electron chi connectivity index (χ0n) is 9.54. The number of thioether (sulfide) groups is 2. The predicted octanol–water partition coefficient (Wildman–Crippen LogP) is -3.26. The molecule has 2 heterocycles. The summed E-state index contributed by atoms with van der Waals surface area (Å²) in [6.07, 6.45) is 0. The Morgan fingerprint density at radius 3 is 1.37 bits per heavy atom. The van der Waals surface area contributed by atoms with Gasteiger partial charge in [0.1, 0.15) is 0 Å². The van der Waals surface area contributed by atoms with Gasteiger partial charge in [-0.15, -0.1) is 0 Å². The zero-order chi connectivity index (χ0) is 13.7. The van der Waals surface area contributed by atoms with Crippen molar-refractivity contribution >= 4 is 69.0 Å². The van der Waals surface area contributed by atoms with Crippen molar-refractivity contribution < 1.29 is 29.4 Å². The van der Waals surface area contributed by atoms with E-state index >= 15 is 0 Å². The van der Waals surface area contributed by atoms with Gasteiger partial charge < -0.3 is 30.4 Å². The molecule has 0 bridgehead atoms. The van der Waals surface area contributed by atoms with E-state index in [2.05, 4.69) is 10.6 Å². The first-order valence-corrected chi connectivity index (χ1v) is 6.65. The minimum atomic E-state index is -1.21. The van der Waals surface area contributed by atoms with Crippen molar-refractivity contribution in [3.05, 3.63) is 0 Å². The molecule has 0 spiro atoms. The topological polar surface area (TPSA) is 138 Å². The molecule has 0 aromatic rings. The zero-order valence-corrected chi connectivity index (χ0v) is 12.6. The normalized spacial score (nSPS) is 24.4. The molecule has 0 aliphatic carbocycles. The van der Waals surface area contributed by atoms with Gasteiger partial charge in [0, 0.05) is 11.5 Å². The fourth-order valence-corrected chi connectivity index (χ4v) is 2.55. The Kier molecular flexibility index (Phi) is 8.21. The maximum Gasteiger partial charge on any atom is 2.00 e. The number of hydrogen-bond donors (Lipinski definition) is 2. The fourth-order valence-electron chi connectivity index (χ4n) is 1.02. The van der Waals surface area contributed by atoms with Crippen LogP contribution in [0.3, 0.4) is 0 Å². The van der Waals surface area contributed by atoms with Crippen molar-refractivity contribution in [2.45, 2.75) is 12.1 Å². The van der Waals surface area contributed by atoms with Crippen LogP contribution in [0.1, 0.15) is 0 Å². The van der Waals surface area contributed by atoms with Crippen LogP contribution in [0.15, 0.2) is 0 Å². The van der Waals surface area contributed by atoms with Crippen LogP contribution in [-0.4, -0.2) is 69.1 Å². The van der Waals surface area contributed by atoms with E-state index < -0.39 is 24.0 Å². The number of hydrogen-bond acceptors (Lipinski definition) is 8. The molecule has 2 aliphatic rings. The standard InChI is InChI=1S/2C4H5NO3S.Mg/c2*6-3(7)2-1-9-4(8)5-2;/h2*2H,1H2,(H,5,8)(H,6,7);/q;;+2/p-2. The summed E-state index contributed by atoms with van der Waals surface area (Å²) in [7, 11) is 0. The number of amides is 2. The summed E-state index contributed by atoms with van der Waals surface area (Å²) in [5.74, 6) is -1.87. The summed E-state index contributed by atoms with van der Waals surface area (Å²) in [5, 5.41) is 23.9. The molecule has 8 nitrogen and oxygen atoms in total. The van der Waals surface area contributed by atoms with Gasteiger partial charge in [0.15, 0.2) is 0 Å². The van der Waals surface area contributed by atoms with Crippen LogP contribution in [0.25, 0.3) is 0 Å². The average Bonchev–Trinajstić information content (AvgIpc) is 2.88. The first-order valence-electron chi connectivity index (χ1n) is 4.68. The molecule has 2 atom stereocenters. The number of carbonyl (C=O) groups excluding carboxylic acids is 4. The van der Waals surface area contributed by atoms with Crippen LogP contribution < -0.4 is 20.8 Å². The van der Waals surface area contributed by atoms with Crippen LogP contribution >= 0.6 is 23.5 Å². The van der Waals surface area contributed by atoms with Crippen molar-refractivity contribution in [3.8, 4) is 0 Å². The summed E-state index contributed by atoms with van der Waals surface area (Å²) in [6.45, 7) is 0. The largest absolute Gasteiger partial charge is 2.00 e. The van der Waals surface area contributed by atoms with Gasteiger partial charge in [-0.25, -0.2) is 0 Å². The Morgan fingerprint density at radius 1 is 0.947 bits per heavy atom. The van der Waals surface area contributed by atoms with E-state index in [0.29, 0.717) is 0 Å². The third-order valence-electron chi connectivity index (χ3n) is 1.92. The third kappa shape index (κ3) is 6.36. The van der Waals surface area contributed by atoms with Crippen molar-refractivity contribution in [3.63, 3.8) is 0 Å². The summed E-state index contributed by atoms with van der Waals surface area (Å²) in [6, 6.07) is -1.58. The minimum absolute atomic E-state index is 0. The molecule has 0 aromatic heterocycles. The molecule has 19 heavy (non-hydrogen) atoms. The molecular weight excluding hydrogens is 309 g/mol. The summed E-state index contributed by atoms with van der Waals surface area (Å²) >= 11 is 1.93. The van der Waals surface area contributed by atoms with Crippen molar-refractivity contribution in [2.24, 2.45) is 0 Å². The Hall–Kier alpha value is -0.654.